The largest absolute Gasteiger partial charge is 0.421 e. The number of carbonyl (C=O) groups excluding carboxylic acids is 2. The fourth-order valence-corrected chi connectivity index (χ4v) is 0.958. The monoisotopic (exact) mass is 254 g/mol. The van der Waals surface area contributed by atoms with E-state index >= 15 is 0 Å². The molecule has 0 fully saturated rings. The summed E-state index contributed by atoms with van der Waals surface area (Å²) in [6, 6.07) is 0. The zero-order chi connectivity index (χ0) is 14.3. The molecule has 102 valence electrons. The lowest BCUT2D eigenvalue weighted by atomic mass is 10.2. The second-order valence-electron chi connectivity index (χ2n) is 4.66. The molecule has 0 N–H and O–H groups in total. The summed E-state index contributed by atoms with van der Waals surface area (Å²) in [4.78, 5) is 23.1. The van der Waals surface area contributed by atoms with Crippen LogP contribution in [-0.2, 0) is 19.1 Å². The first-order valence-electron chi connectivity index (χ1n) is 5.99. The Morgan fingerprint density at radius 3 is 1.67 bits per heavy atom. The Balaban J connectivity index is 4.84. The number of allylic oxidation sites excluding steroid dienone is 2. The fourth-order valence-electron chi connectivity index (χ4n) is 0.958. The van der Waals surface area contributed by atoms with Crippen molar-refractivity contribution in [3.05, 3.63) is 24.3 Å². The molecule has 0 unspecified atom stereocenters. The van der Waals surface area contributed by atoms with Crippen LogP contribution in [0.15, 0.2) is 24.3 Å². The number of esters is 2. The normalized spacial score (nSPS) is 11.9. The van der Waals surface area contributed by atoms with Crippen LogP contribution in [0, 0.1) is 11.8 Å². The van der Waals surface area contributed by atoms with Gasteiger partial charge in [-0.1, -0.05) is 46.4 Å². The Bertz CT molecular complexity index is 318. The zero-order valence-corrected chi connectivity index (χ0v) is 11.7. The Morgan fingerprint density at radius 1 is 1.00 bits per heavy atom. The van der Waals surface area contributed by atoms with E-state index in [-0.39, 0.29) is 11.8 Å². The van der Waals surface area contributed by atoms with Crippen molar-refractivity contribution >= 4 is 11.9 Å². The Kier molecular flexibility index (Phi) is 7.01. The van der Waals surface area contributed by atoms with Crippen molar-refractivity contribution in [1.29, 1.82) is 0 Å². The van der Waals surface area contributed by atoms with Gasteiger partial charge in [0.25, 0.3) is 6.29 Å². The average Bonchev–Trinajstić information content (AvgIpc) is 2.27. The van der Waals surface area contributed by atoms with E-state index in [0.29, 0.717) is 5.57 Å². The molecule has 0 aliphatic heterocycles. The minimum absolute atomic E-state index is 0.276. The van der Waals surface area contributed by atoms with Gasteiger partial charge in [-0.2, -0.15) is 0 Å². The van der Waals surface area contributed by atoms with Crippen LogP contribution >= 0.6 is 0 Å². The van der Waals surface area contributed by atoms with Gasteiger partial charge in [0.1, 0.15) is 0 Å². The van der Waals surface area contributed by atoms with Crippen molar-refractivity contribution in [1.82, 2.24) is 0 Å². The molecule has 0 bridgehead atoms. The van der Waals surface area contributed by atoms with Crippen LogP contribution in [0.5, 0.6) is 0 Å². The first-order valence-corrected chi connectivity index (χ1v) is 5.99. The fraction of sp³-hybridized carbons (Fsp3) is 0.571. The number of ether oxygens (including phenoxy) is 2. The number of hydrogen-bond acceptors (Lipinski definition) is 4. The third-order valence-corrected chi connectivity index (χ3v) is 2.14. The minimum Gasteiger partial charge on any atom is -0.421 e. The van der Waals surface area contributed by atoms with Gasteiger partial charge in [-0.3, -0.25) is 9.59 Å². The molecule has 0 heterocycles. The van der Waals surface area contributed by atoms with Crippen LogP contribution < -0.4 is 0 Å². The topological polar surface area (TPSA) is 52.6 Å². The van der Waals surface area contributed by atoms with Crippen LogP contribution in [0.1, 0.15) is 34.6 Å². The molecule has 0 spiro atoms. The van der Waals surface area contributed by atoms with Crippen molar-refractivity contribution in [2.24, 2.45) is 11.8 Å². The Morgan fingerprint density at radius 2 is 1.39 bits per heavy atom. The van der Waals surface area contributed by atoms with Gasteiger partial charge in [0.15, 0.2) is 0 Å². The molecule has 0 saturated carbocycles. The molecule has 0 rings (SSSR count). The van der Waals surface area contributed by atoms with Crippen LogP contribution in [0.25, 0.3) is 0 Å². The van der Waals surface area contributed by atoms with Crippen LogP contribution in [0.2, 0.25) is 0 Å². The van der Waals surface area contributed by atoms with E-state index in [1.807, 2.05) is 0 Å². The summed E-state index contributed by atoms with van der Waals surface area (Å²) in [7, 11) is 0. The zero-order valence-electron chi connectivity index (χ0n) is 11.7. The summed E-state index contributed by atoms with van der Waals surface area (Å²) in [5.74, 6) is -1.37. The van der Waals surface area contributed by atoms with Crippen molar-refractivity contribution in [3.8, 4) is 0 Å². The van der Waals surface area contributed by atoms with Crippen molar-refractivity contribution < 1.29 is 19.1 Å². The summed E-state index contributed by atoms with van der Waals surface area (Å²) < 4.78 is 10.3. The molecular formula is C14H22O4. The van der Waals surface area contributed by atoms with Gasteiger partial charge >= 0.3 is 11.9 Å². The van der Waals surface area contributed by atoms with Gasteiger partial charge in [0.05, 0.1) is 11.8 Å². The molecule has 0 aromatic heterocycles. The highest BCUT2D eigenvalue weighted by molar-refractivity contribution is 5.74. The molecule has 0 aromatic carbocycles. The molecule has 0 aliphatic rings. The summed E-state index contributed by atoms with van der Waals surface area (Å²) in [5, 5.41) is 0. The van der Waals surface area contributed by atoms with Crippen molar-refractivity contribution in [2.75, 3.05) is 0 Å². The summed E-state index contributed by atoms with van der Waals surface area (Å²) >= 11 is 0. The van der Waals surface area contributed by atoms with E-state index in [2.05, 4.69) is 6.58 Å². The molecule has 0 aliphatic carbocycles. The SMILES string of the molecule is C=CC=C(C)C(OC(=O)C(C)C)OC(=O)C(C)C. The lowest BCUT2D eigenvalue weighted by Gasteiger charge is -2.20. The van der Waals surface area contributed by atoms with Crippen molar-refractivity contribution in [2.45, 2.75) is 40.9 Å². The molecule has 0 amide bonds. The molecule has 0 saturated heterocycles. The second-order valence-corrected chi connectivity index (χ2v) is 4.66. The Hall–Kier alpha value is -1.58. The first kappa shape index (κ1) is 16.4. The molecule has 4 heteroatoms. The maximum atomic E-state index is 11.5. The quantitative estimate of drug-likeness (QED) is 0.415. The summed E-state index contributed by atoms with van der Waals surface area (Å²) in [6.45, 7) is 12.1. The van der Waals surface area contributed by atoms with Gasteiger partial charge in [-0.05, 0) is 6.92 Å². The number of hydrogen-bond donors (Lipinski definition) is 0. The van der Waals surface area contributed by atoms with E-state index in [1.54, 1.807) is 46.8 Å². The first-order chi connectivity index (χ1) is 8.29. The van der Waals surface area contributed by atoms with E-state index in [9.17, 15) is 9.59 Å². The van der Waals surface area contributed by atoms with E-state index in [1.165, 1.54) is 0 Å². The molecule has 0 aromatic rings. The number of carbonyl (C=O) groups is 2. The lowest BCUT2D eigenvalue weighted by Crippen LogP contribution is -2.29. The Labute approximate surface area is 109 Å². The smallest absolute Gasteiger partial charge is 0.311 e. The molecule has 18 heavy (non-hydrogen) atoms. The molecular weight excluding hydrogens is 232 g/mol. The maximum absolute atomic E-state index is 11.5. The van der Waals surface area contributed by atoms with Gasteiger partial charge in [0, 0.05) is 5.57 Å². The summed E-state index contributed by atoms with van der Waals surface area (Å²) in [5.41, 5.74) is 0.619. The molecule has 0 atom stereocenters. The average molecular weight is 254 g/mol. The third kappa shape index (κ3) is 5.66. The maximum Gasteiger partial charge on any atom is 0.311 e. The van der Waals surface area contributed by atoms with Crippen molar-refractivity contribution in [3.63, 3.8) is 0 Å². The second kappa shape index (κ2) is 7.69. The van der Waals surface area contributed by atoms with Crippen LogP contribution in [-0.4, -0.2) is 18.2 Å². The minimum atomic E-state index is -0.979. The highest BCUT2D eigenvalue weighted by Gasteiger charge is 2.23. The standard InChI is InChI=1S/C14H22O4/c1-7-8-11(6)14(17-12(15)9(2)3)18-13(16)10(4)5/h7-10,14H,1H2,2-6H3. The number of rotatable bonds is 6. The van der Waals surface area contributed by atoms with Crippen LogP contribution in [0.4, 0.5) is 0 Å². The lowest BCUT2D eigenvalue weighted by molar-refractivity contribution is -0.185. The van der Waals surface area contributed by atoms with E-state index in [0.717, 1.165) is 0 Å². The molecule has 4 nitrogen and oxygen atoms in total. The van der Waals surface area contributed by atoms with Gasteiger partial charge < -0.3 is 9.47 Å². The van der Waals surface area contributed by atoms with E-state index in [4.69, 9.17) is 9.47 Å². The van der Waals surface area contributed by atoms with E-state index < -0.39 is 18.2 Å². The van der Waals surface area contributed by atoms with Gasteiger partial charge in [-0.15, -0.1) is 0 Å². The molecule has 0 radical (unpaired) electrons. The predicted molar refractivity (Wildman–Crippen MR) is 69.6 cm³/mol. The van der Waals surface area contributed by atoms with Crippen LogP contribution in [0.3, 0.4) is 0 Å². The summed E-state index contributed by atoms with van der Waals surface area (Å²) in [6.07, 6.45) is 2.22. The predicted octanol–water partition coefficient (Wildman–Crippen LogP) is 2.84. The third-order valence-electron chi connectivity index (χ3n) is 2.14. The highest BCUT2D eigenvalue weighted by atomic mass is 16.7. The van der Waals surface area contributed by atoms with Gasteiger partial charge in [0.2, 0.25) is 0 Å². The van der Waals surface area contributed by atoms with Gasteiger partial charge in [-0.25, -0.2) is 0 Å². The highest BCUT2D eigenvalue weighted by Crippen LogP contribution is 2.13.